The van der Waals surface area contributed by atoms with E-state index in [2.05, 4.69) is 14.7 Å². The summed E-state index contributed by atoms with van der Waals surface area (Å²) in [4.78, 5) is 4.47. The number of methoxy groups -OCH3 is 1. The number of anilines is 2. The second-order valence-corrected chi connectivity index (χ2v) is 6.68. The van der Waals surface area contributed by atoms with E-state index in [0.717, 1.165) is 21.3 Å². The number of nitrogen functional groups attached to an aromatic ring is 1. The minimum atomic E-state index is -0.242. The summed E-state index contributed by atoms with van der Waals surface area (Å²) in [6.45, 7) is 6.71. The molecule has 0 aromatic carbocycles. The van der Waals surface area contributed by atoms with Crippen molar-refractivity contribution in [3.05, 3.63) is 10.4 Å². The molecule has 0 radical (unpaired) electrons. The summed E-state index contributed by atoms with van der Waals surface area (Å²) >= 11 is 2.96. The van der Waals surface area contributed by atoms with Gasteiger partial charge in [0.25, 0.3) is 0 Å². The third kappa shape index (κ3) is 3.23. The number of nitrogens with one attached hydrogen (secondary N) is 1. The Morgan fingerprint density at radius 3 is 2.79 bits per heavy atom. The van der Waals surface area contributed by atoms with Crippen LogP contribution in [0.4, 0.5) is 10.8 Å². The Hall–Kier alpha value is -1.18. The zero-order valence-corrected chi connectivity index (χ0v) is 13.1. The van der Waals surface area contributed by atoms with E-state index in [1.54, 1.807) is 18.4 Å². The van der Waals surface area contributed by atoms with E-state index >= 15 is 0 Å². The van der Waals surface area contributed by atoms with Gasteiger partial charge in [-0.1, -0.05) is 0 Å². The van der Waals surface area contributed by atoms with Crippen molar-refractivity contribution in [2.45, 2.75) is 26.4 Å². The lowest BCUT2D eigenvalue weighted by Gasteiger charge is -2.23. The van der Waals surface area contributed by atoms with Gasteiger partial charge in [-0.3, -0.25) is 0 Å². The zero-order valence-electron chi connectivity index (χ0n) is 11.5. The number of hydrogen-bond donors (Lipinski definition) is 2. The van der Waals surface area contributed by atoms with E-state index in [-0.39, 0.29) is 5.60 Å². The standard InChI is InChI=1S/C12H18N4OS2/c1-7-15-8(5-18-7)9-10(13)16-19-11(9)14-6-12(2,3)17-4/h5,14H,6H2,1-4H3,(H2,13,16). The molecule has 0 aliphatic carbocycles. The SMILES string of the molecule is COC(C)(C)CNc1snc(N)c1-c1csc(C)n1. The summed E-state index contributed by atoms with van der Waals surface area (Å²) in [5.41, 5.74) is 7.48. The third-order valence-electron chi connectivity index (χ3n) is 2.82. The van der Waals surface area contributed by atoms with Crippen LogP contribution in [-0.4, -0.2) is 28.6 Å². The van der Waals surface area contributed by atoms with E-state index < -0.39 is 0 Å². The second kappa shape index (κ2) is 5.44. The summed E-state index contributed by atoms with van der Waals surface area (Å²) in [5, 5.41) is 7.31. The van der Waals surface area contributed by atoms with E-state index in [1.165, 1.54) is 11.5 Å². The molecule has 2 aromatic heterocycles. The number of rotatable bonds is 5. The maximum atomic E-state index is 5.95. The fraction of sp³-hybridized carbons (Fsp3) is 0.500. The summed E-state index contributed by atoms with van der Waals surface area (Å²) < 4.78 is 9.60. The predicted molar refractivity (Wildman–Crippen MR) is 81.9 cm³/mol. The fourth-order valence-corrected chi connectivity index (χ4v) is 2.84. The van der Waals surface area contributed by atoms with Crippen molar-refractivity contribution in [1.82, 2.24) is 9.36 Å². The van der Waals surface area contributed by atoms with Gasteiger partial charge in [0.1, 0.15) is 10.8 Å². The maximum Gasteiger partial charge on any atom is 0.148 e. The van der Waals surface area contributed by atoms with Gasteiger partial charge in [-0.05, 0) is 32.3 Å². The number of hydrogen-bond acceptors (Lipinski definition) is 7. The van der Waals surface area contributed by atoms with Crippen LogP contribution in [0, 0.1) is 6.92 Å². The van der Waals surface area contributed by atoms with Crippen molar-refractivity contribution >= 4 is 33.7 Å². The lowest BCUT2D eigenvalue weighted by Crippen LogP contribution is -2.31. The number of thiazole rings is 1. The lowest BCUT2D eigenvalue weighted by molar-refractivity contribution is 0.0344. The molecule has 0 atom stereocenters. The molecule has 0 bridgehead atoms. The van der Waals surface area contributed by atoms with E-state index in [9.17, 15) is 0 Å². The molecule has 7 heteroatoms. The Balaban J connectivity index is 2.23. The Bertz CT molecular complexity index is 562. The molecule has 2 heterocycles. The van der Waals surface area contributed by atoms with Crippen LogP contribution >= 0.6 is 22.9 Å². The first-order valence-corrected chi connectivity index (χ1v) is 7.55. The third-order valence-corrected chi connectivity index (χ3v) is 4.41. The molecule has 0 spiro atoms. The maximum absolute atomic E-state index is 5.95. The zero-order chi connectivity index (χ0) is 14.0. The lowest BCUT2D eigenvalue weighted by atomic mass is 10.1. The van der Waals surface area contributed by atoms with Crippen LogP contribution < -0.4 is 11.1 Å². The Labute approximate surface area is 121 Å². The first-order chi connectivity index (χ1) is 8.93. The first kappa shape index (κ1) is 14.2. The van der Waals surface area contributed by atoms with Gasteiger partial charge in [0, 0.05) is 19.0 Å². The van der Waals surface area contributed by atoms with Crippen LogP contribution in [-0.2, 0) is 4.74 Å². The molecule has 19 heavy (non-hydrogen) atoms. The highest BCUT2D eigenvalue weighted by atomic mass is 32.1. The van der Waals surface area contributed by atoms with E-state index in [4.69, 9.17) is 10.5 Å². The summed E-state index contributed by atoms with van der Waals surface area (Å²) in [6, 6.07) is 0. The molecule has 3 N–H and O–H groups in total. The van der Waals surface area contributed by atoms with Crippen molar-refractivity contribution in [3.8, 4) is 11.3 Å². The number of nitrogens with two attached hydrogens (primary N) is 1. The monoisotopic (exact) mass is 298 g/mol. The summed E-state index contributed by atoms with van der Waals surface area (Å²) in [6.07, 6.45) is 0. The van der Waals surface area contributed by atoms with Gasteiger partial charge in [-0.2, -0.15) is 4.37 Å². The number of aryl methyl sites for hydroxylation is 1. The minimum absolute atomic E-state index is 0.242. The molecule has 104 valence electrons. The van der Waals surface area contributed by atoms with Crippen molar-refractivity contribution in [1.29, 1.82) is 0 Å². The average Bonchev–Trinajstić information content (AvgIpc) is 2.93. The highest BCUT2D eigenvalue weighted by molar-refractivity contribution is 7.11. The summed E-state index contributed by atoms with van der Waals surface area (Å²) in [5.74, 6) is 0.521. The largest absolute Gasteiger partial charge is 0.382 e. The van der Waals surface area contributed by atoms with Crippen LogP contribution in [0.5, 0.6) is 0 Å². The number of aromatic nitrogens is 2. The molecular formula is C12H18N4OS2. The van der Waals surface area contributed by atoms with Crippen LogP contribution in [0.2, 0.25) is 0 Å². The molecule has 0 unspecified atom stereocenters. The normalized spacial score (nSPS) is 11.8. The highest BCUT2D eigenvalue weighted by Crippen LogP contribution is 2.37. The van der Waals surface area contributed by atoms with Gasteiger partial charge in [0.2, 0.25) is 0 Å². The fourth-order valence-electron chi connectivity index (χ4n) is 1.51. The van der Waals surface area contributed by atoms with Gasteiger partial charge in [0.15, 0.2) is 0 Å². The van der Waals surface area contributed by atoms with Gasteiger partial charge < -0.3 is 15.8 Å². The average molecular weight is 298 g/mol. The van der Waals surface area contributed by atoms with Crippen molar-refractivity contribution in [3.63, 3.8) is 0 Å². The molecule has 0 amide bonds. The van der Waals surface area contributed by atoms with Crippen LogP contribution in [0.25, 0.3) is 11.3 Å². The quantitative estimate of drug-likeness (QED) is 0.887. The molecule has 0 saturated heterocycles. The van der Waals surface area contributed by atoms with Gasteiger partial charge >= 0.3 is 0 Å². The predicted octanol–water partition coefficient (Wildman–Crippen LogP) is 2.99. The van der Waals surface area contributed by atoms with Crippen LogP contribution in [0.15, 0.2) is 5.38 Å². The second-order valence-electron chi connectivity index (χ2n) is 4.84. The van der Waals surface area contributed by atoms with Gasteiger partial charge in [-0.25, -0.2) is 4.98 Å². The number of ether oxygens (including phenoxy) is 1. The van der Waals surface area contributed by atoms with Crippen molar-refractivity contribution in [2.24, 2.45) is 0 Å². The summed E-state index contributed by atoms with van der Waals surface area (Å²) in [7, 11) is 1.70. The molecule has 2 aromatic rings. The van der Waals surface area contributed by atoms with E-state index in [0.29, 0.717) is 12.4 Å². The smallest absolute Gasteiger partial charge is 0.148 e. The van der Waals surface area contributed by atoms with Crippen LogP contribution in [0.3, 0.4) is 0 Å². The van der Waals surface area contributed by atoms with Crippen LogP contribution in [0.1, 0.15) is 18.9 Å². The minimum Gasteiger partial charge on any atom is -0.382 e. The molecular weight excluding hydrogens is 280 g/mol. The molecule has 2 rings (SSSR count). The topological polar surface area (TPSA) is 73.1 Å². The first-order valence-electron chi connectivity index (χ1n) is 5.89. The molecule has 0 fully saturated rings. The van der Waals surface area contributed by atoms with Gasteiger partial charge in [0.05, 0.1) is 21.9 Å². The Morgan fingerprint density at radius 1 is 1.47 bits per heavy atom. The molecule has 5 nitrogen and oxygen atoms in total. The highest BCUT2D eigenvalue weighted by Gasteiger charge is 2.20. The van der Waals surface area contributed by atoms with E-state index in [1.807, 2.05) is 26.2 Å². The molecule has 0 aliphatic rings. The Kier molecular flexibility index (Phi) is 4.07. The van der Waals surface area contributed by atoms with Crippen molar-refractivity contribution in [2.75, 3.05) is 24.7 Å². The molecule has 0 aliphatic heterocycles. The Morgan fingerprint density at radius 2 is 2.21 bits per heavy atom. The van der Waals surface area contributed by atoms with Crippen molar-refractivity contribution < 1.29 is 4.74 Å². The molecule has 0 saturated carbocycles. The number of nitrogens with zero attached hydrogens (tertiary/aromatic N) is 2. The van der Waals surface area contributed by atoms with Gasteiger partial charge in [-0.15, -0.1) is 11.3 Å².